The molecular weight excluding hydrogens is 392 g/mol. The normalized spacial score (nSPS) is 15.5. The van der Waals surface area contributed by atoms with Crippen LogP contribution in [0.1, 0.15) is 62.8 Å². The Labute approximate surface area is 184 Å². The maximum absolute atomic E-state index is 13.0. The summed E-state index contributed by atoms with van der Waals surface area (Å²) in [6.45, 7) is 5.44. The number of carbonyl (C=O) groups excluding carboxylic acids is 1. The molecule has 2 N–H and O–H groups in total. The largest absolute Gasteiger partial charge is 0.508 e. The lowest BCUT2D eigenvalue weighted by molar-refractivity contribution is -0.134. The quantitative estimate of drug-likeness (QED) is 0.598. The van der Waals surface area contributed by atoms with Gasteiger partial charge in [-0.2, -0.15) is 0 Å². The third-order valence-corrected chi connectivity index (χ3v) is 6.29. The Hall–Kier alpha value is -2.76. The SMILES string of the molecule is CCCN(C(=O)CCCCn1ccc(=O)c(O)c1CC)C1CCc2c(O)cccc2C1. The number of hydrogen-bond acceptors (Lipinski definition) is 4. The summed E-state index contributed by atoms with van der Waals surface area (Å²) in [5.41, 5.74) is 2.48. The third-order valence-electron chi connectivity index (χ3n) is 6.29. The summed E-state index contributed by atoms with van der Waals surface area (Å²) in [6, 6.07) is 7.24. The highest BCUT2D eigenvalue weighted by molar-refractivity contribution is 5.76. The molecule has 0 fully saturated rings. The second kappa shape index (κ2) is 10.5. The van der Waals surface area contributed by atoms with Crippen molar-refractivity contribution in [3.05, 3.63) is 57.5 Å². The van der Waals surface area contributed by atoms with Gasteiger partial charge >= 0.3 is 0 Å². The minimum Gasteiger partial charge on any atom is -0.508 e. The number of fused-ring (bicyclic) bond motifs is 1. The standard InChI is InChI=1S/C25H34N2O4/c1-3-14-27(19-11-12-20-18(17-19)8-7-9-22(20)28)24(30)10-5-6-15-26-16-13-23(29)25(31)21(26)4-2/h7-9,13,16,19,28,31H,3-6,10-12,14-15,17H2,1-2H3. The molecule has 168 valence electrons. The third kappa shape index (κ3) is 5.30. The van der Waals surface area contributed by atoms with Gasteiger partial charge in [0.1, 0.15) is 5.75 Å². The fraction of sp³-hybridized carbons (Fsp3) is 0.520. The van der Waals surface area contributed by atoms with Gasteiger partial charge in [0.05, 0.1) is 5.69 Å². The zero-order chi connectivity index (χ0) is 22.4. The monoisotopic (exact) mass is 426 g/mol. The van der Waals surface area contributed by atoms with Crippen molar-refractivity contribution in [1.82, 2.24) is 9.47 Å². The van der Waals surface area contributed by atoms with E-state index >= 15 is 0 Å². The Morgan fingerprint density at radius 3 is 2.74 bits per heavy atom. The summed E-state index contributed by atoms with van der Waals surface area (Å²) < 4.78 is 1.91. The molecule has 0 saturated heterocycles. The van der Waals surface area contributed by atoms with Crippen LogP contribution in [0.25, 0.3) is 0 Å². The van der Waals surface area contributed by atoms with Crippen molar-refractivity contribution in [1.29, 1.82) is 0 Å². The van der Waals surface area contributed by atoms with Crippen LogP contribution >= 0.6 is 0 Å². The van der Waals surface area contributed by atoms with Crippen molar-refractivity contribution in [2.45, 2.75) is 77.8 Å². The molecular formula is C25H34N2O4. The van der Waals surface area contributed by atoms with Crippen LogP contribution in [0.3, 0.4) is 0 Å². The Balaban J connectivity index is 1.57. The van der Waals surface area contributed by atoms with Crippen LogP contribution in [-0.4, -0.2) is 38.2 Å². The zero-order valence-corrected chi connectivity index (χ0v) is 18.6. The summed E-state index contributed by atoms with van der Waals surface area (Å²) >= 11 is 0. The smallest absolute Gasteiger partial charge is 0.223 e. The van der Waals surface area contributed by atoms with Gasteiger partial charge in [-0.25, -0.2) is 0 Å². The minimum absolute atomic E-state index is 0.168. The van der Waals surface area contributed by atoms with E-state index in [9.17, 15) is 19.8 Å². The summed E-state index contributed by atoms with van der Waals surface area (Å²) in [4.78, 5) is 26.7. The maximum Gasteiger partial charge on any atom is 0.223 e. The Bertz CT molecular complexity index is 966. The van der Waals surface area contributed by atoms with Crippen LogP contribution in [0.4, 0.5) is 0 Å². The van der Waals surface area contributed by atoms with Crippen molar-refractivity contribution in [2.75, 3.05) is 6.54 Å². The number of phenolic OH excluding ortho intramolecular Hbond substituents is 1. The molecule has 1 amide bonds. The van der Waals surface area contributed by atoms with E-state index in [0.29, 0.717) is 30.8 Å². The molecule has 1 aromatic carbocycles. The molecule has 6 nitrogen and oxygen atoms in total. The number of nitrogens with zero attached hydrogens (tertiary/aromatic N) is 2. The molecule has 0 bridgehead atoms. The van der Waals surface area contributed by atoms with Crippen molar-refractivity contribution < 1.29 is 15.0 Å². The van der Waals surface area contributed by atoms with E-state index < -0.39 is 0 Å². The molecule has 1 unspecified atom stereocenters. The van der Waals surface area contributed by atoms with Gasteiger partial charge in [0.2, 0.25) is 11.3 Å². The summed E-state index contributed by atoms with van der Waals surface area (Å²) in [5, 5.41) is 20.1. The second-order valence-electron chi connectivity index (χ2n) is 8.38. The van der Waals surface area contributed by atoms with Gasteiger partial charge in [-0.05, 0) is 62.1 Å². The Kier molecular flexibility index (Phi) is 7.77. The maximum atomic E-state index is 13.0. The van der Waals surface area contributed by atoms with E-state index in [0.717, 1.165) is 56.2 Å². The molecule has 0 saturated carbocycles. The Morgan fingerprint density at radius 2 is 2.00 bits per heavy atom. The van der Waals surface area contributed by atoms with Gasteiger partial charge in [-0.15, -0.1) is 0 Å². The van der Waals surface area contributed by atoms with Crippen LogP contribution in [-0.2, 0) is 30.6 Å². The molecule has 1 heterocycles. The van der Waals surface area contributed by atoms with E-state index in [2.05, 4.69) is 13.0 Å². The second-order valence-corrected chi connectivity index (χ2v) is 8.38. The molecule has 0 spiro atoms. The number of carbonyl (C=O) groups is 1. The van der Waals surface area contributed by atoms with Gasteiger partial charge in [0, 0.05) is 37.8 Å². The molecule has 6 heteroatoms. The first-order chi connectivity index (χ1) is 15.0. The predicted molar refractivity (Wildman–Crippen MR) is 122 cm³/mol. The molecule has 0 aliphatic heterocycles. The number of aryl methyl sites for hydroxylation is 1. The summed E-state index contributed by atoms with van der Waals surface area (Å²) in [6.07, 6.45) is 7.78. The first-order valence-corrected chi connectivity index (χ1v) is 11.5. The highest BCUT2D eigenvalue weighted by atomic mass is 16.3. The number of amides is 1. The van der Waals surface area contributed by atoms with Gasteiger partial charge in [-0.3, -0.25) is 9.59 Å². The van der Waals surface area contributed by atoms with Gasteiger partial charge in [0.15, 0.2) is 5.75 Å². The van der Waals surface area contributed by atoms with Crippen LogP contribution in [0.5, 0.6) is 11.5 Å². The fourth-order valence-corrected chi connectivity index (χ4v) is 4.67. The van der Waals surface area contributed by atoms with Crippen molar-refractivity contribution >= 4 is 5.91 Å². The van der Waals surface area contributed by atoms with Crippen molar-refractivity contribution in [3.8, 4) is 11.5 Å². The van der Waals surface area contributed by atoms with E-state index in [4.69, 9.17) is 0 Å². The number of aromatic hydroxyl groups is 2. The minimum atomic E-state index is -0.346. The first-order valence-electron chi connectivity index (χ1n) is 11.5. The van der Waals surface area contributed by atoms with E-state index in [-0.39, 0.29) is 23.1 Å². The average Bonchev–Trinajstić information content (AvgIpc) is 2.77. The molecule has 1 aliphatic carbocycles. The summed E-state index contributed by atoms with van der Waals surface area (Å²) in [7, 11) is 0. The lowest BCUT2D eigenvalue weighted by Crippen LogP contribution is -2.43. The van der Waals surface area contributed by atoms with Crippen LogP contribution < -0.4 is 5.43 Å². The van der Waals surface area contributed by atoms with E-state index in [1.807, 2.05) is 22.5 Å². The lowest BCUT2D eigenvalue weighted by Gasteiger charge is -2.35. The number of aromatic nitrogens is 1. The lowest BCUT2D eigenvalue weighted by atomic mass is 9.86. The molecule has 1 aromatic heterocycles. The molecule has 0 radical (unpaired) electrons. The highest BCUT2D eigenvalue weighted by Gasteiger charge is 2.28. The van der Waals surface area contributed by atoms with Gasteiger partial charge in [-0.1, -0.05) is 26.0 Å². The predicted octanol–water partition coefficient (Wildman–Crippen LogP) is 3.79. The molecule has 1 aliphatic rings. The number of pyridine rings is 1. The molecule has 2 aromatic rings. The van der Waals surface area contributed by atoms with Crippen LogP contribution in [0.2, 0.25) is 0 Å². The molecule has 1 atom stereocenters. The van der Waals surface area contributed by atoms with Gasteiger partial charge < -0.3 is 19.7 Å². The zero-order valence-electron chi connectivity index (χ0n) is 18.6. The van der Waals surface area contributed by atoms with Gasteiger partial charge in [0.25, 0.3) is 0 Å². The number of phenols is 1. The number of hydrogen-bond donors (Lipinski definition) is 2. The van der Waals surface area contributed by atoms with E-state index in [1.54, 1.807) is 12.3 Å². The molecule has 3 rings (SSSR count). The first kappa shape index (κ1) is 22.9. The van der Waals surface area contributed by atoms with Crippen LogP contribution in [0, 0.1) is 0 Å². The fourth-order valence-electron chi connectivity index (χ4n) is 4.67. The van der Waals surface area contributed by atoms with Crippen LogP contribution in [0.15, 0.2) is 35.3 Å². The highest BCUT2D eigenvalue weighted by Crippen LogP contribution is 2.31. The summed E-state index contributed by atoms with van der Waals surface area (Å²) in [5.74, 6) is 0.386. The molecule has 31 heavy (non-hydrogen) atoms. The van der Waals surface area contributed by atoms with E-state index in [1.165, 1.54) is 6.07 Å². The topological polar surface area (TPSA) is 82.8 Å². The number of benzene rings is 1. The number of unbranched alkanes of at least 4 members (excludes halogenated alkanes) is 1. The Morgan fingerprint density at radius 1 is 1.19 bits per heavy atom. The number of rotatable bonds is 9. The average molecular weight is 427 g/mol. The van der Waals surface area contributed by atoms with Crippen molar-refractivity contribution in [3.63, 3.8) is 0 Å². The van der Waals surface area contributed by atoms with Crippen molar-refractivity contribution in [2.24, 2.45) is 0 Å².